The first kappa shape index (κ1) is 12.8. The summed E-state index contributed by atoms with van der Waals surface area (Å²) in [5.74, 6) is 0.958. The van der Waals surface area contributed by atoms with Crippen molar-refractivity contribution in [3.8, 4) is 0 Å². The first-order valence-corrected chi connectivity index (χ1v) is 6.74. The van der Waals surface area contributed by atoms with Gasteiger partial charge in [-0.25, -0.2) is 4.98 Å². The van der Waals surface area contributed by atoms with Crippen LogP contribution in [0.1, 0.15) is 36.3 Å². The Morgan fingerprint density at radius 2 is 1.85 bits per heavy atom. The predicted octanol–water partition coefficient (Wildman–Crippen LogP) is 3.38. The normalized spacial score (nSPS) is 16.6. The molecule has 4 nitrogen and oxygen atoms in total. The molecule has 0 amide bonds. The van der Waals surface area contributed by atoms with E-state index in [9.17, 15) is 4.79 Å². The number of hydrogen-bond acceptors (Lipinski definition) is 4. The summed E-state index contributed by atoms with van der Waals surface area (Å²) in [6.07, 6.45) is 4.89. The van der Waals surface area contributed by atoms with Gasteiger partial charge in [0.2, 0.25) is 0 Å². The molecule has 0 aromatic carbocycles. The van der Waals surface area contributed by atoms with Crippen molar-refractivity contribution in [2.24, 2.45) is 5.41 Å². The highest BCUT2D eigenvalue weighted by Crippen LogP contribution is 2.34. The van der Waals surface area contributed by atoms with Gasteiger partial charge in [-0.1, -0.05) is 13.8 Å². The second kappa shape index (κ2) is 4.71. The van der Waals surface area contributed by atoms with Crippen molar-refractivity contribution in [3.05, 3.63) is 47.9 Å². The molecule has 0 radical (unpaired) electrons. The maximum absolute atomic E-state index is 12.1. The van der Waals surface area contributed by atoms with Gasteiger partial charge in [-0.15, -0.1) is 0 Å². The van der Waals surface area contributed by atoms with E-state index in [0.29, 0.717) is 6.42 Å². The Kier molecular flexibility index (Phi) is 3.01. The van der Waals surface area contributed by atoms with E-state index in [4.69, 9.17) is 0 Å². The number of fused-ring (bicyclic) bond motifs is 1. The van der Waals surface area contributed by atoms with Crippen LogP contribution < -0.4 is 5.32 Å². The molecule has 102 valence electrons. The van der Waals surface area contributed by atoms with E-state index in [0.717, 1.165) is 29.2 Å². The van der Waals surface area contributed by atoms with Crippen LogP contribution in [-0.2, 0) is 6.42 Å². The number of nitrogens with zero attached hydrogens (tertiary/aromatic N) is 2. The SMILES string of the molecule is CC1(C)CC(=O)c2ccc(Nc3ccncc3)nc2C1. The van der Waals surface area contributed by atoms with Crippen LogP contribution in [0.25, 0.3) is 0 Å². The molecule has 0 fully saturated rings. The molecule has 0 bridgehead atoms. The third-order valence-corrected chi connectivity index (χ3v) is 3.51. The highest BCUT2D eigenvalue weighted by molar-refractivity contribution is 5.98. The van der Waals surface area contributed by atoms with Gasteiger partial charge in [-0.05, 0) is 36.1 Å². The predicted molar refractivity (Wildman–Crippen MR) is 78.2 cm³/mol. The highest BCUT2D eigenvalue weighted by atomic mass is 16.1. The lowest BCUT2D eigenvalue weighted by Crippen LogP contribution is -2.27. The van der Waals surface area contributed by atoms with Crippen molar-refractivity contribution in [2.75, 3.05) is 5.32 Å². The number of rotatable bonds is 2. The van der Waals surface area contributed by atoms with Gasteiger partial charge < -0.3 is 5.32 Å². The summed E-state index contributed by atoms with van der Waals surface area (Å²) in [6.45, 7) is 4.22. The lowest BCUT2D eigenvalue weighted by molar-refractivity contribution is 0.0910. The van der Waals surface area contributed by atoms with E-state index in [1.165, 1.54) is 0 Å². The van der Waals surface area contributed by atoms with Gasteiger partial charge in [-0.2, -0.15) is 0 Å². The quantitative estimate of drug-likeness (QED) is 0.906. The highest BCUT2D eigenvalue weighted by Gasteiger charge is 2.31. The smallest absolute Gasteiger partial charge is 0.165 e. The van der Waals surface area contributed by atoms with Crippen molar-refractivity contribution in [2.45, 2.75) is 26.7 Å². The molecule has 20 heavy (non-hydrogen) atoms. The van der Waals surface area contributed by atoms with Crippen LogP contribution in [0.5, 0.6) is 0 Å². The summed E-state index contributed by atoms with van der Waals surface area (Å²) in [5, 5.41) is 3.23. The number of ketones is 1. The van der Waals surface area contributed by atoms with Crippen LogP contribution in [0.4, 0.5) is 11.5 Å². The van der Waals surface area contributed by atoms with Crippen molar-refractivity contribution < 1.29 is 4.79 Å². The van der Waals surface area contributed by atoms with Gasteiger partial charge in [0, 0.05) is 30.1 Å². The van der Waals surface area contributed by atoms with Crippen LogP contribution in [0.3, 0.4) is 0 Å². The maximum Gasteiger partial charge on any atom is 0.165 e. The minimum Gasteiger partial charge on any atom is -0.340 e. The van der Waals surface area contributed by atoms with Crippen molar-refractivity contribution in [3.63, 3.8) is 0 Å². The molecule has 2 heterocycles. The Labute approximate surface area is 118 Å². The fourth-order valence-electron chi connectivity index (χ4n) is 2.59. The molecule has 0 saturated heterocycles. The Hall–Kier alpha value is -2.23. The second-order valence-corrected chi connectivity index (χ2v) is 5.99. The van der Waals surface area contributed by atoms with Crippen LogP contribution in [0.15, 0.2) is 36.7 Å². The van der Waals surface area contributed by atoms with E-state index in [1.54, 1.807) is 12.4 Å². The molecule has 1 aliphatic carbocycles. The van der Waals surface area contributed by atoms with E-state index in [-0.39, 0.29) is 11.2 Å². The van der Waals surface area contributed by atoms with Crippen LogP contribution in [0, 0.1) is 5.41 Å². The minimum absolute atomic E-state index is 0.00757. The van der Waals surface area contributed by atoms with Gasteiger partial charge in [0.1, 0.15) is 5.82 Å². The summed E-state index contributed by atoms with van der Waals surface area (Å²) < 4.78 is 0. The number of anilines is 2. The zero-order valence-electron chi connectivity index (χ0n) is 11.7. The van der Waals surface area contributed by atoms with Gasteiger partial charge >= 0.3 is 0 Å². The summed E-state index contributed by atoms with van der Waals surface area (Å²) in [5.41, 5.74) is 2.59. The fourth-order valence-corrected chi connectivity index (χ4v) is 2.59. The minimum atomic E-state index is -0.00757. The van der Waals surface area contributed by atoms with E-state index in [1.807, 2.05) is 24.3 Å². The third-order valence-electron chi connectivity index (χ3n) is 3.51. The Morgan fingerprint density at radius 3 is 2.60 bits per heavy atom. The maximum atomic E-state index is 12.1. The molecule has 0 aliphatic heterocycles. The van der Waals surface area contributed by atoms with Crippen molar-refractivity contribution in [1.82, 2.24) is 9.97 Å². The molecule has 0 saturated carbocycles. The van der Waals surface area contributed by atoms with Crippen LogP contribution >= 0.6 is 0 Å². The van der Waals surface area contributed by atoms with E-state index in [2.05, 4.69) is 29.1 Å². The van der Waals surface area contributed by atoms with Gasteiger partial charge in [0.15, 0.2) is 5.78 Å². The molecule has 2 aromatic heterocycles. The Balaban J connectivity index is 1.91. The lowest BCUT2D eigenvalue weighted by Gasteiger charge is -2.29. The zero-order valence-corrected chi connectivity index (χ0v) is 11.7. The first-order valence-electron chi connectivity index (χ1n) is 6.74. The third kappa shape index (κ3) is 2.54. The van der Waals surface area contributed by atoms with Crippen molar-refractivity contribution >= 4 is 17.3 Å². The van der Waals surface area contributed by atoms with E-state index < -0.39 is 0 Å². The Bertz CT molecular complexity index is 650. The largest absolute Gasteiger partial charge is 0.340 e. The number of carbonyl (C=O) groups excluding carboxylic acids is 1. The molecule has 0 unspecified atom stereocenters. The molecule has 1 N–H and O–H groups in total. The topological polar surface area (TPSA) is 54.9 Å². The lowest BCUT2D eigenvalue weighted by atomic mass is 9.76. The summed E-state index contributed by atoms with van der Waals surface area (Å²) in [4.78, 5) is 20.7. The van der Waals surface area contributed by atoms with Crippen molar-refractivity contribution in [1.29, 1.82) is 0 Å². The molecule has 2 aromatic rings. The molecule has 4 heteroatoms. The zero-order chi connectivity index (χ0) is 14.2. The van der Waals surface area contributed by atoms with Gasteiger partial charge in [0.25, 0.3) is 0 Å². The van der Waals surface area contributed by atoms with Crippen LogP contribution in [0.2, 0.25) is 0 Å². The van der Waals surface area contributed by atoms with Gasteiger partial charge in [-0.3, -0.25) is 9.78 Å². The average molecular weight is 267 g/mol. The molecular weight excluding hydrogens is 250 g/mol. The second-order valence-electron chi connectivity index (χ2n) is 5.99. The summed E-state index contributed by atoms with van der Waals surface area (Å²) in [7, 11) is 0. The monoisotopic (exact) mass is 267 g/mol. The van der Waals surface area contributed by atoms with E-state index >= 15 is 0 Å². The number of Topliss-reactive ketones (excluding diaryl/α,β-unsaturated/α-hetero) is 1. The average Bonchev–Trinajstić information content (AvgIpc) is 2.38. The first-order chi connectivity index (χ1) is 9.53. The number of aromatic nitrogens is 2. The van der Waals surface area contributed by atoms with Gasteiger partial charge in [0.05, 0.1) is 5.69 Å². The molecule has 0 spiro atoms. The molecular formula is C16H17N3O. The summed E-state index contributed by atoms with van der Waals surface area (Å²) >= 11 is 0. The molecule has 0 atom stereocenters. The Morgan fingerprint density at radius 1 is 1.10 bits per heavy atom. The summed E-state index contributed by atoms with van der Waals surface area (Å²) in [6, 6.07) is 7.51. The number of hydrogen-bond donors (Lipinski definition) is 1. The molecule has 1 aliphatic rings. The number of nitrogens with one attached hydrogen (secondary N) is 1. The number of pyridine rings is 2. The number of carbonyl (C=O) groups is 1. The molecule has 3 rings (SSSR count). The fraction of sp³-hybridized carbons (Fsp3) is 0.312. The standard InChI is InChI=1S/C16H17N3O/c1-16(2)9-13-12(14(20)10-16)3-4-15(19-13)18-11-5-7-17-8-6-11/h3-8H,9-10H2,1-2H3,(H,17,18,19). The van der Waals surface area contributed by atoms with Crippen LogP contribution in [-0.4, -0.2) is 15.8 Å².